The number of halogens is 1. The Morgan fingerprint density at radius 2 is 1.71 bits per heavy atom. The van der Waals surface area contributed by atoms with E-state index in [9.17, 15) is 19.7 Å². The quantitative estimate of drug-likeness (QED) is 0.478. The van der Waals surface area contributed by atoms with Crippen LogP contribution in [0.25, 0.3) is 0 Å². The summed E-state index contributed by atoms with van der Waals surface area (Å²) in [5.74, 6) is -0.946. The van der Waals surface area contributed by atoms with Gasteiger partial charge in [-0.3, -0.25) is 19.7 Å². The summed E-state index contributed by atoms with van der Waals surface area (Å²) in [6.07, 6.45) is 0. The van der Waals surface area contributed by atoms with Crippen LogP contribution in [0.15, 0.2) is 46.9 Å². The van der Waals surface area contributed by atoms with Gasteiger partial charge in [-0.2, -0.15) is 0 Å². The van der Waals surface area contributed by atoms with E-state index in [1.807, 2.05) is 0 Å². The standard InChI is InChI=1S/C15H10BrNO4/c1-9(18)13-11(7-8-12(16)14(13)17(20)21)15(19)10-5-3-2-4-6-10/h2-8H,1H3. The van der Waals surface area contributed by atoms with Crippen LogP contribution in [0.3, 0.4) is 0 Å². The maximum absolute atomic E-state index is 12.5. The minimum Gasteiger partial charge on any atom is -0.294 e. The van der Waals surface area contributed by atoms with Crippen LogP contribution in [0.4, 0.5) is 5.69 Å². The van der Waals surface area contributed by atoms with Gasteiger partial charge in [0.05, 0.1) is 9.40 Å². The summed E-state index contributed by atoms with van der Waals surface area (Å²) in [6.45, 7) is 1.20. The second-order valence-electron chi connectivity index (χ2n) is 4.33. The molecule has 5 nitrogen and oxygen atoms in total. The van der Waals surface area contributed by atoms with E-state index in [1.165, 1.54) is 19.1 Å². The second kappa shape index (κ2) is 5.97. The van der Waals surface area contributed by atoms with Gasteiger partial charge in [0.25, 0.3) is 5.69 Å². The molecule has 0 atom stereocenters. The van der Waals surface area contributed by atoms with E-state index in [4.69, 9.17) is 0 Å². The summed E-state index contributed by atoms with van der Waals surface area (Å²) in [5, 5.41) is 11.2. The van der Waals surface area contributed by atoms with Gasteiger partial charge in [-0.15, -0.1) is 0 Å². The van der Waals surface area contributed by atoms with Crippen LogP contribution in [0.1, 0.15) is 33.2 Å². The molecule has 0 saturated carbocycles. The number of rotatable bonds is 4. The summed E-state index contributed by atoms with van der Waals surface area (Å²) in [6, 6.07) is 11.2. The van der Waals surface area contributed by atoms with Crippen molar-refractivity contribution in [1.29, 1.82) is 0 Å². The third-order valence-corrected chi connectivity index (χ3v) is 3.58. The Kier molecular flexibility index (Phi) is 4.28. The highest BCUT2D eigenvalue weighted by molar-refractivity contribution is 9.10. The molecule has 0 aliphatic carbocycles. The van der Waals surface area contributed by atoms with E-state index in [0.29, 0.717) is 5.56 Å². The van der Waals surface area contributed by atoms with Crippen molar-refractivity contribution < 1.29 is 14.5 Å². The molecular formula is C15H10BrNO4. The average Bonchev–Trinajstić information content (AvgIpc) is 2.46. The average molecular weight is 348 g/mol. The highest BCUT2D eigenvalue weighted by atomic mass is 79.9. The van der Waals surface area contributed by atoms with Gasteiger partial charge in [0.1, 0.15) is 5.56 Å². The van der Waals surface area contributed by atoms with Crippen LogP contribution in [0.5, 0.6) is 0 Å². The van der Waals surface area contributed by atoms with Crippen LogP contribution >= 0.6 is 15.9 Å². The number of hydrogen-bond acceptors (Lipinski definition) is 4. The largest absolute Gasteiger partial charge is 0.294 e. The third kappa shape index (κ3) is 2.90. The maximum Gasteiger partial charge on any atom is 0.294 e. The van der Waals surface area contributed by atoms with Crippen LogP contribution in [0.2, 0.25) is 0 Å². The molecule has 0 aliphatic heterocycles. The Balaban J connectivity index is 2.70. The van der Waals surface area contributed by atoms with E-state index >= 15 is 0 Å². The Bertz CT molecular complexity index is 741. The lowest BCUT2D eigenvalue weighted by Crippen LogP contribution is -2.11. The molecule has 6 heteroatoms. The Morgan fingerprint density at radius 1 is 1.10 bits per heavy atom. The molecule has 0 N–H and O–H groups in total. The lowest BCUT2D eigenvalue weighted by atomic mass is 9.95. The van der Waals surface area contributed by atoms with Crippen molar-refractivity contribution in [3.63, 3.8) is 0 Å². The molecule has 0 unspecified atom stereocenters. The molecule has 0 aromatic heterocycles. The van der Waals surface area contributed by atoms with Crippen LogP contribution in [-0.2, 0) is 0 Å². The fourth-order valence-electron chi connectivity index (χ4n) is 2.03. The normalized spacial score (nSPS) is 10.2. The number of nitrogens with zero attached hydrogens (tertiary/aromatic N) is 1. The SMILES string of the molecule is CC(=O)c1c(C(=O)c2ccccc2)ccc(Br)c1[N+](=O)[O-]. The molecule has 21 heavy (non-hydrogen) atoms. The van der Waals surface area contributed by atoms with E-state index in [2.05, 4.69) is 15.9 Å². The summed E-state index contributed by atoms with van der Waals surface area (Å²) in [4.78, 5) is 34.8. The van der Waals surface area contributed by atoms with Gasteiger partial charge in [0.2, 0.25) is 0 Å². The Labute approximate surface area is 128 Å². The summed E-state index contributed by atoms with van der Waals surface area (Å²) >= 11 is 3.05. The zero-order chi connectivity index (χ0) is 15.6. The first kappa shape index (κ1) is 15.1. The van der Waals surface area contributed by atoms with Gasteiger partial charge in [-0.05, 0) is 35.0 Å². The Hall–Kier alpha value is -2.34. The van der Waals surface area contributed by atoms with E-state index in [1.54, 1.807) is 30.3 Å². The number of carbonyl (C=O) groups excluding carboxylic acids is 2. The number of benzene rings is 2. The van der Waals surface area contributed by atoms with Gasteiger partial charge >= 0.3 is 0 Å². The number of nitro benzene ring substituents is 1. The molecular weight excluding hydrogens is 338 g/mol. The van der Waals surface area contributed by atoms with E-state index in [0.717, 1.165) is 0 Å². The van der Waals surface area contributed by atoms with Crippen molar-refractivity contribution in [2.75, 3.05) is 0 Å². The third-order valence-electron chi connectivity index (χ3n) is 2.94. The zero-order valence-electron chi connectivity index (χ0n) is 11.0. The number of carbonyl (C=O) groups is 2. The van der Waals surface area contributed by atoms with Gasteiger partial charge in [0.15, 0.2) is 11.6 Å². The summed E-state index contributed by atoms with van der Waals surface area (Å²) in [7, 11) is 0. The topological polar surface area (TPSA) is 77.3 Å². The molecule has 0 fully saturated rings. The van der Waals surface area contributed by atoms with Crippen LogP contribution in [-0.4, -0.2) is 16.5 Å². The van der Waals surface area contributed by atoms with Crippen molar-refractivity contribution in [1.82, 2.24) is 0 Å². The molecule has 0 bridgehead atoms. The molecule has 106 valence electrons. The van der Waals surface area contributed by atoms with E-state index in [-0.39, 0.29) is 21.3 Å². The van der Waals surface area contributed by atoms with Crippen LogP contribution in [0, 0.1) is 10.1 Å². The highest BCUT2D eigenvalue weighted by Crippen LogP contribution is 2.32. The summed E-state index contributed by atoms with van der Waals surface area (Å²) in [5.41, 5.74) is -0.160. The van der Waals surface area contributed by atoms with Crippen molar-refractivity contribution in [3.05, 3.63) is 73.7 Å². The van der Waals surface area contributed by atoms with Crippen molar-refractivity contribution >= 4 is 33.2 Å². The number of ketones is 2. The molecule has 0 aliphatic rings. The molecule has 0 spiro atoms. The molecule has 0 amide bonds. The van der Waals surface area contributed by atoms with Crippen molar-refractivity contribution in [3.8, 4) is 0 Å². The van der Waals surface area contributed by atoms with Gasteiger partial charge in [-0.25, -0.2) is 0 Å². The fraction of sp³-hybridized carbons (Fsp3) is 0.0667. The van der Waals surface area contributed by atoms with Gasteiger partial charge < -0.3 is 0 Å². The van der Waals surface area contributed by atoms with Gasteiger partial charge in [-0.1, -0.05) is 30.3 Å². The molecule has 0 radical (unpaired) electrons. The monoisotopic (exact) mass is 347 g/mol. The smallest absolute Gasteiger partial charge is 0.294 e. The lowest BCUT2D eigenvalue weighted by molar-refractivity contribution is -0.385. The molecule has 0 heterocycles. The molecule has 2 rings (SSSR count). The molecule has 0 saturated heterocycles. The molecule has 2 aromatic rings. The minimum absolute atomic E-state index is 0.0311. The van der Waals surface area contributed by atoms with E-state index < -0.39 is 16.5 Å². The predicted molar refractivity (Wildman–Crippen MR) is 80.7 cm³/mol. The fourth-order valence-corrected chi connectivity index (χ4v) is 2.51. The first-order valence-corrected chi connectivity index (χ1v) is 6.80. The van der Waals surface area contributed by atoms with Crippen molar-refractivity contribution in [2.45, 2.75) is 6.92 Å². The first-order chi connectivity index (χ1) is 9.93. The molecule has 2 aromatic carbocycles. The number of Topliss-reactive ketones (excluding diaryl/α,β-unsaturated/α-hetero) is 1. The first-order valence-electron chi connectivity index (χ1n) is 6.01. The predicted octanol–water partition coefficient (Wildman–Crippen LogP) is 3.79. The van der Waals surface area contributed by atoms with Crippen LogP contribution < -0.4 is 0 Å². The lowest BCUT2D eigenvalue weighted by Gasteiger charge is -2.08. The summed E-state index contributed by atoms with van der Waals surface area (Å²) < 4.78 is 0.169. The zero-order valence-corrected chi connectivity index (χ0v) is 12.6. The van der Waals surface area contributed by atoms with Crippen molar-refractivity contribution in [2.24, 2.45) is 0 Å². The number of nitro groups is 1. The number of hydrogen-bond donors (Lipinski definition) is 0. The minimum atomic E-state index is -0.664. The second-order valence-corrected chi connectivity index (χ2v) is 5.18. The van der Waals surface area contributed by atoms with Gasteiger partial charge in [0, 0.05) is 11.1 Å². The highest BCUT2D eigenvalue weighted by Gasteiger charge is 2.28. The maximum atomic E-state index is 12.5. The Morgan fingerprint density at radius 3 is 2.24 bits per heavy atom.